The summed E-state index contributed by atoms with van der Waals surface area (Å²) in [4.78, 5) is 0. The first-order chi connectivity index (χ1) is 9.61. The molecule has 3 nitrogen and oxygen atoms in total. The minimum absolute atomic E-state index is 0.129. The number of benzene rings is 2. The molecule has 0 amide bonds. The topological polar surface area (TPSA) is 59.0 Å². The largest absolute Gasteiger partial charge is 0.489 e. The number of hydrogen-bond acceptors (Lipinski definition) is 3. The van der Waals surface area contributed by atoms with Crippen LogP contribution in [0.2, 0.25) is 0 Å². The number of halogens is 1. The van der Waals surface area contributed by atoms with Crippen molar-refractivity contribution in [2.45, 2.75) is 19.6 Å². The fourth-order valence-electron chi connectivity index (χ4n) is 1.93. The van der Waals surface area contributed by atoms with E-state index in [1.54, 1.807) is 0 Å². The van der Waals surface area contributed by atoms with E-state index in [0.717, 1.165) is 5.56 Å². The number of ether oxygens (including phenoxy) is 1. The summed E-state index contributed by atoms with van der Waals surface area (Å²) in [7, 11) is 0. The summed E-state index contributed by atoms with van der Waals surface area (Å²) < 4.78 is 18.9. The summed E-state index contributed by atoms with van der Waals surface area (Å²) in [5, 5.41) is 9.00. The predicted molar refractivity (Wildman–Crippen MR) is 74.5 cm³/mol. The molecule has 0 aliphatic rings. The van der Waals surface area contributed by atoms with Crippen LogP contribution in [0.4, 0.5) is 4.39 Å². The quantitative estimate of drug-likeness (QED) is 0.927. The minimum Gasteiger partial charge on any atom is -0.489 e. The van der Waals surface area contributed by atoms with Gasteiger partial charge >= 0.3 is 0 Å². The van der Waals surface area contributed by atoms with Gasteiger partial charge in [-0.15, -0.1) is 0 Å². The second kappa shape index (κ2) is 6.18. The molecule has 4 heteroatoms. The number of nitrogens with two attached hydrogens (primary N) is 1. The third-order valence-electron chi connectivity index (χ3n) is 2.98. The van der Waals surface area contributed by atoms with E-state index >= 15 is 0 Å². The minimum atomic E-state index is -0.386. The third-order valence-corrected chi connectivity index (χ3v) is 2.98. The van der Waals surface area contributed by atoms with Crippen LogP contribution in [-0.2, 0) is 6.61 Å². The third kappa shape index (κ3) is 3.14. The lowest BCUT2D eigenvalue weighted by Gasteiger charge is -2.14. The van der Waals surface area contributed by atoms with Gasteiger partial charge in [0.05, 0.1) is 11.6 Å². The summed E-state index contributed by atoms with van der Waals surface area (Å²) in [5.41, 5.74) is 7.68. The molecular weight excluding hydrogens is 255 g/mol. The SMILES string of the molecule is CC(N)c1ccccc1OCc1cc(F)ccc1C#N. The van der Waals surface area contributed by atoms with Gasteiger partial charge in [-0.1, -0.05) is 18.2 Å². The fourth-order valence-corrected chi connectivity index (χ4v) is 1.93. The first-order valence-electron chi connectivity index (χ1n) is 6.27. The molecule has 0 radical (unpaired) electrons. The van der Waals surface area contributed by atoms with Gasteiger partial charge in [-0.3, -0.25) is 0 Å². The first-order valence-corrected chi connectivity index (χ1v) is 6.27. The Labute approximate surface area is 117 Å². The molecule has 2 aromatic rings. The Hall–Kier alpha value is -2.38. The van der Waals surface area contributed by atoms with Crippen LogP contribution in [0, 0.1) is 17.1 Å². The van der Waals surface area contributed by atoms with Gasteiger partial charge in [0.2, 0.25) is 0 Å². The van der Waals surface area contributed by atoms with E-state index in [4.69, 9.17) is 15.7 Å². The summed E-state index contributed by atoms with van der Waals surface area (Å²) in [6.45, 7) is 2.00. The van der Waals surface area contributed by atoms with Crippen molar-refractivity contribution in [3.63, 3.8) is 0 Å². The summed E-state index contributed by atoms with van der Waals surface area (Å²) in [6, 6.07) is 13.3. The fraction of sp³-hybridized carbons (Fsp3) is 0.188. The Morgan fingerprint density at radius 1 is 1.30 bits per heavy atom. The molecule has 0 bridgehead atoms. The van der Waals surface area contributed by atoms with Crippen molar-refractivity contribution in [1.82, 2.24) is 0 Å². The molecular formula is C16H15FN2O. The highest BCUT2D eigenvalue weighted by Gasteiger charge is 2.09. The Bertz CT molecular complexity index is 647. The van der Waals surface area contributed by atoms with Crippen molar-refractivity contribution in [3.05, 3.63) is 65.0 Å². The van der Waals surface area contributed by atoms with E-state index in [9.17, 15) is 4.39 Å². The number of rotatable bonds is 4. The van der Waals surface area contributed by atoms with Crippen molar-refractivity contribution in [3.8, 4) is 11.8 Å². The van der Waals surface area contributed by atoms with Crippen LogP contribution in [0.25, 0.3) is 0 Å². The van der Waals surface area contributed by atoms with E-state index in [1.807, 2.05) is 37.3 Å². The molecule has 102 valence electrons. The molecule has 20 heavy (non-hydrogen) atoms. The highest BCUT2D eigenvalue weighted by atomic mass is 19.1. The van der Waals surface area contributed by atoms with Crippen LogP contribution in [0.1, 0.15) is 29.7 Å². The Balaban J connectivity index is 2.22. The van der Waals surface area contributed by atoms with Crippen LogP contribution in [0.15, 0.2) is 42.5 Å². The summed E-state index contributed by atoms with van der Waals surface area (Å²) in [6.07, 6.45) is 0. The van der Waals surface area contributed by atoms with Gasteiger partial charge in [0.1, 0.15) is 18.2 Å². The molecule has 0 aliphatic carbocycles. The van der Waals surface area contributed by atoms with Crippen LogP contribution >= 0.6 is 0 Å². The van der Waals surface area contributed by atoms with Gasteiger partial charge in [0.25, 0.3) is 0 Å². The molecule has 2 N–H and O–H groups in total. The van der Waals surface area contributed by atoms with Crippen molar-refractivity contribution >= 4 is 0 Å². The lowest BCUT2D eigenvalue weighted by atomic mass is 10.1. The van der Waals surface area contributed by atoms with Gasteiger partial charge in [-0.05, 0) is 31.2 Å². The molecule has 0 saturated heterocycles. The Morgan fingerprint density at radius 3 is 2.75 bits per heavy atom. The maximum atomic E-state index is 13.2. The van der Waals surface area contributed by atoms with Crippen molar-refractivity contribution in [2.75, 3.05) is 0 Å². The molecule has 1 atom stereocenters. The zero-order chi connectivity index (χ0) is 14.5. The van der Waals surface area contributed by atoms with Crippen LogP contribution in [0.3, 0.4) is 0 Å². The van der Waals surface area contributed by atoms with Gasteiger partial charge in [0, 0.05) is 17.2 Å². The number of nitrogens with zero attached hydrogens (tertiary/aromatic N) is 1. The van der Waals surface area contributed by atoms with E-state index in [-0.39, 0.29) is 18.5 Å². The lowest BCUT2D eigenvalue weighted by Crippen LogP contribution is -2.08. The lowest BCUT2D eigenvalue weighted by molar-refractivity contribution is 0.300. The molecule has 0 spiro atoms. The first kappa shape index (κ1) is 14.0. The average Bonchev–Trinajstić information content (AvgIpc) is 2.45. The second-order valence-electron chi connectivity index (χ2n) is 4.53. The zero-order valence-electron chi connectivity index (χ0n) is 11.1. The maximum Gasteiger partial charge on any atom is 0.124 e. The van der Waals surface area contributed by atoms with Gasteiger partial charge < -0.3 is 10.5 Å². The molecule has 0 aromatic heterocycles. The second-order valence-corrected chi connectivity index (χ2v) is 4.53. The van der Waals surface area contributed by atoms with Crippen LogP contribution < -0.4 is 10.5 Å². The number of nitriles is 1. The number of para-hydroxylation sites is 1. The smallest absolute Gasteiger partial charge is 0.124 e. The monoisotopic (exact) mass is 270 g/mol. The summed E-state index contributed by atoms with van der Waals surface area (Å²) in [5.74, 6) is 0.263. The van der Waals surface area contributed by atoms with E-state index in [2.05, 4.69) is 0 Å². The predicted octanol–water partition coefficient (Wildman–Crippen LogP) is 3.30. The highest BCUT2D eigenvalue weighted by Crippen LogP contribution is 2.24. The molecule has 1 unspecified atom stereocenters. The van der Waals surface area contributed by atoms with Crippen molar-refractivity contribution < 1.29 is 9.13 Å². The van der Waals surface area contributed by atoms with E-state index < -0.39 is 0 Å². The zero-order valence-corrected chi connectivity index (χ0v) is 11.1. The molecule has 0 saturated carbocycles. The summed E-state index contributed by atoms with van der Waals surface area (Å²) >= 11 is 0. The highest BCUT2D eigenvalue weighted by molar-refractivity contribution is 5.39. The van der Waals surface area contributed by atoms with Crippen LogP contribution in [0.5, 0.6) is 5.75 Å². The average molecular weight is 270 g/mol. The number of hydrogen-bond donors (Lipinski definition) is 1. The Morgan fingerprint density at radius 2 is 2.05 bits per heavy atom. The molecule has 2 rings (SSSR count). The van der Waals surface area contributed by atoms with Crippen molar-refractivity contribution in [1.29, 1.82) is 5.26 Å². The molecule has 2 aromatic carbocycles. The van der Waals surface area contributed by atoms with Crippen LogP contribution in [-0.4, -0.2) is 0 Å². The maximum absolute atomic E-state index is 13.2. The van der Waals surface area contributed by atoms with Gasteiger partial charge in [0.15, 0.2) is 0 Å². The van der Waals surface area contributed by atoms with E-state index in [0.29, 0.717) is 16.9 Å². The Kier molecular flexibility index (Phi) is 4.34. The van der Waals surface area contributed by atoms with E-state index in [1.165, 1.54) is 18.2 Å². The molecule has 0 heterocycles. The van der Waals surface area contributed by atoms with Gasteiger partial charge in [-0.2, -0.15) is 5.26 Å². The van der Waals surface area contributed by atoms with Crippen molar-refractivity contribution in [2.24, 2.45) is 5.73 Å². The molecule has 0 fully saturated rings. The standard InChI is InChI=1S/C16H15FN2O/c1-11(19)15-4-2-3-5-16(15)20-10-13-8-14(17)7-6-12(13)9-18/h2-8,11H,10,19H2,1H3. The normalized spacial score (nSPS) is 11.7. The van der Waals surface area contributed by atoms with Gasteiger partial charge in [-0.25, -0.2) is 4.39 Å². The molecule has 0 aliphatic heterocycles.